The number of fused-ring (bicyclic) bond motifs is 1. The summed E-state index contributed by atoms with van der Waals surface area (Å²) in [6.45, 7) is 3.62. The van der Waals surface area contributed by atoms with Gasteiger partial charge < -0.3 is 18.8 Å². The number of carbonyl (C=O) groups is 1. The molecule has 0 radical (unpaired) electrons. The summed E-state index contributed by atoms with van der Waals surface area (Å²) < 4.78 is 7.66. The predicted molar refractivity (Wildman–Crippen MR) is 109 cm³/mol. The highest BCUT2D eigenvalue weighted by Crippen LogP contribution is 2.28. The van der Waals surface area contributed by atoms with Crippen LogP contribution in [-0.2, 0) is 6.54 Å². The van der Waals surface area contributed by atoms with Crippen LogP contribution in [-0.4, -0.2) is 59.0 Å². The van der Waals surface area contributed by atoms with Crippen molar-refractivity contribution in [2.75, 3.05) is 33.7 Å². The van der Waals surface area contributed by atoms with Crippen LogP contribution in [0.15, 0.2) is 47.3 Å². The summed E-state index contributed by atoms with van der Waals surface area (Å²) in [6, 6.07) is 7.55. The van der Waals surface area contributed by atoms with E-state index in [0.717, 1.165) is 62.0 Å². The minimum atomic E-state index is 0.107. The first-order chi connectivity index (χ1) is 13.6. The Hall–Kier alpha value is -2.60. The van der Waals surface area contributed by atoms with Gasteiger partial charge >= 0.3 is 0 Å². The predicted octanol–water partition coefficient (Wildman–Crippen LogP) is 3.60. The smallest absolute Gasteiger partial charge is 0.253 e. The molecule has 0 saturated carbocycles. The van der Waals surface area contributed by atoms with Crippen molar-refractivity contribution < 1.29 is 9.21 Å². The molecule has 1 aliphatic rings. The third-order valence-corrected chi connectivity index (χ3v) is 5.60. The van der Waals surface area contributed by atoms with E-state index in [4.69, 9.17) is 4.42 Å². The van der Waals surface area contributed by atoms with Crippen molar-refractivity contribution in [3.8, 4) is 0 Å². The van der Waals surface area contributed by atoms with Gasteiger partial charge in [0.1, 0.15) is 11.4 Å². The minimum Gasteiger partial charge on any atom is -0.464 e. The van der Waals surface area contributed by atoms with Gasteiger partial charge in [-0.3, -0.25) is 4.79 Å². The maximum absolute atomic E-state index is 12.9. The number of imidazole rings is 1. The fourth-order valence-corrected chi connectivity index (χ4v) is 4.05. The zero-order valence-corrected chi connectivity index (χ0v) is 16.7. The number of hydrogen-bond acceptors (Lipinski definition) is 4. The van der Waals surface area contributed by atoms with Crippen LogP contribution >= 0.6 is 0 Å². The molecule has 0 unspecified atom stereocenters. The largest absolute Gasteiger partial charge is 0.464 e. The summed E-state index contributed by atoms with van der Waals surface area (Å²) >= 11 is 0. The van der Waals surface area contributed by atoms with Crippen molar-refractivity contribution in [3.63, 3.8) is 0 Å². The van der Waals surface area contributed by atoms with Gasteiger partial charge in [-0.1, -0.05) is 0 Å². The molecule has 1 fully saturated rings. The Labute approximate surface area is 165 Å². The highest BCUT2D eigenvalue weighted by molar-refractivity contribution is 5.97. The fourth-order valence-electron chi connectivity index (χ4n) is 4.05. The number of amides is 1. The number of aryl methyl sites for hydroxylation is 1. The number of likely N-dealkylation sites (tertiary alicyclic amines) is 1. The molecule has 3 aromatic rings. The van der Waals surface area contributed by atoms with Crippen molar-refractivity contribution >= 4 is 16.9 Å². The molecule has 2 aromatic heterocycles. The van der Waals surface area contributed by atoms with Gasteiger partial charge in [0, 0.05) is 48.9 Å². The monoisotopic (exact) mass is 380 g/mol. The Balaban J connectivity index is 1.37. The van der Waals surface area contributed by atoms with E-state index in [9.17, 15) is 4.79 Å². The Morgan fingerprint density at radius 1 is 1.25 bits per heavy atom. The van der Waals surface area contributed by atoms with Crippen LogP contribution in [0.25, 0.3) is 11.0 Å². The number of carbonyl (C=O) groups excluding carboxylic acids is 1. The molecule has 0 N–H and O–H groups in total. The van der Waals surface area contributed by atoms with Crippen molar-refractivity contribution in [2.45, 2.75) is 31.7 Å². The summed E-state index contributed by atoms with van der Waals surface area (Å²) in [5, 5.41) is 0.973. The van der Waals surface area contributed by atoms with Gasteiger partial charge in [0.05, 0.1) is 6.26 Å². The quantitative estimate of drug-likeness (QED) is 0.656. The Morgan fingerprint density at radius 2 is 2.07 bits per heavy atom. The fraction of sp³-hybridized carbons (Fsp3) is 0.455. The summed E-state index contributed by atoms with van der Waals surface area (Å²) in [7, 11) is 4.21. The van der Waals surface area contributed by atoms with Gasteiger partial charge in [0.15, 0.2) is 0 Å². The molecule has 1 amide bonds. The normalized spacial score (nSPS) is 15.6. The third kappa shape index (κ3) is 3.97. The number of nitrogens with zero attached hydrogens (tertiary/aromatic N) is 4. The average molecular weight is 380 g/mol. The van der Waals surface area contributed by atoms with Crippen LogP contribution in [0.5, 0.6) is 0 Å². The maximum atomic E-state index is 12.9. The second-order valence-electron chi connectivity index (χ2n) is 7.88. The lowest BCUT2D eigenvalue weighted by Gasteiger charge is -2.32. The van der Waals surface area contributed by atoms with Crippen LogP contribution in [0.1, 0.15) is 41.4 Å². The molecule has 28 heavy (non-hydrogen) atoms. The van der Waals surface area contributed by atoms with Gasteiger partial charge in [-0.15, -0.1) is 0 Å². The van der Waals surface area contributed by atoms with Crippen LogP contribution in [0.3, 0.4) is 0 Å². The number of aromatic nitrogens is 2. The molecule has 3 heterocycles. The van der Waals surface area contributed by atoms with Gasteiger partial charge in [-0.05, 0) is 64.2 Å². The van der Waals surface area contributed by atoms with Crippen LogP contribution in [0, 0.1) is 0 Å². The topological polar surface area (TPSA) is 54.5 Å². The SMILES string of the molecule is CN(C)CCCn1ccnc1C1CCN(C(=O)c2ccc3occc3c2)CC1. The van der Waals surface area contributed by atoms with Gasteiger partial charge in [0.25, 0.3) is 5.91 Å². The molecule has 6 nitrogen and oxygen atoms in total. The molecule has 1 saturated heterocycles. The average Bonchev–Trinajstić information content (AvgIpc) is 3.36. The van der Waals surface area contributed by atoms with Gasteiger partial charge in [0.2, 0.25) is 0 Å². The van der Waals surface area contributed by atoms with Crippen molar-refractivity contribution in [1.82, 2.24) is 19.4 Å². The molecular formula is C22H28N4O2. The lowest BCUT2D eigenvalue weighted by atomic mass is 9.95. The minimum absolute atomic E-state index is 0.107. The van der Waals surface area contributed by atoms with E-state index in [2.05, 4.69) is 34.7 Å². The lowest BCUT2D eigenvalue weighted by molar-refractivity contribution is 0.0710. The molecule has 6 heteroatoms. The molecular weight excluding hydrogens is 352 g/mol. The highest BCUT2D eigenvalue weighted by Gasteiger charge is 2.27. The number of hydrogen-bond donors (Lipinski definition) is 0. The first kappa shape index (κ1) is 18.7. The lowest BCUT2D eigenvalue weighted by Crippen LogP contribution is -2.38. The van der Waals surface area contributed by atoms with E-state index in [-0.39, 0.29) is 5.91 Å². The van der Waals surface area contributed by atoms with E-state index in [1.54, 1.807) is 6.26 Å². The van der Waals surface area contributed by atoms with E-state index in [0.29, 0.717) is 5.92 Å². The first-order valence-electron chi connectivity index (χ1n) is 10.0. The second-order valence-corrected chi connectivity index (χ2v) is 7.88. The van der Waals surface area contributed by atoms with Gasteiger partial charge in [-0.25, -0.2) is 4.98 Å². The third-order valence-electron chi connectivity index (χ3n) is 5.60. The zero-order chi connectivity index (χ0) is 19.5. The summed E-state index contributed by atoms with van der Waals surface area (Å²) in [5.41, 5.74) is 1.55. The summed E-state index contributed by atoms with van der Waals surface area (Å²) in [6.07, 6.45) is 8.69. The summed E-state index contributed by atoms with van der Waals surface area (Å²) in [5.74, 6) is 1.70. The van der Waals surface area contributed by atoms with Crippen LogP contribution in [0.4, 0.5) is 0 Å². The number of benzene rings is 1. The molecule has 1 aliphatic heterocycles. The molecule has 4 rings (SSSR count). The first-order valence-corrected chi connectivity index (χ1v) is 10.0. The van der Waals surface area contributed by atoms with Gasteiger partial charge in [-0.2, -0.15) is 0 Å². The molecule has 0 spiro atoms. The van der Waals surface area contributed by atoms with Crippen LogP contribution in [0.2, 0.25) is 0 Å². The Kier molecular flexibility index (Phi) is 5.48. The van der Waals surface area contributed by atoms with E-state index in [1.165, 1.54) is 5.82 Å². The van der Waals surface area contributed by atoms with E-state index >= 15 is 0 Å². The van der Waals surface area contributed by atoms with Crippen molar-refractivity contribution in [3.05, 3.63) is 54.3 Å². The van der Waals surface area contributed by atoms with Crippen molar-refractivity contribution in [2.24, 2.45) is 0 Å². The van der Waals surface area contributed by atoms with Crippen LogP contribution < -0.4 is 0 Å². The van der Waals surface area contributed by atoms with E-state index in [1.807, 2.05) is 35.4 Å². The number of piperidine rings is 1. The number of rotatable bonds is 6. The summed E-state index contributed by atoms with van der Waals surface area (Å²) in [4.78, 5) is 21.7. The Bertz CT molecular complexity index is 935. The Morgan fingerprint density at radius 3 is 2.86 bits per heavy atom. The molecule has 0 atom stereocenters. The standard InChI is InChI=1S/C22H28N4O2/c1-24(2)10-3-11-25-14-9-23-21(25)17-6-12-26(13-7-17)22(27)19-4-5-20-18(16-19)8-15-28-20/h4-5,8-9,14-17H,3,6-7,10-13H2,1-2H3. The molecule has 0 bridgehead atoms. The van der Waals surface area contributed by atoms with Crippen molar-refractivity contribution in [1.29, 1.82) is 0 Å². The highest BCUT2D eigenvalue weighted by atomic mass is 16.3. The molecule has 148 valence electrons. The number of furan rings is 1. The van der Waals surface area contributed by atoms with E-state index < -0.39 is 0 Å². The zero-order valence-electron chi connectivity index (χ0n) is 16.7. The second kappa shape index (κ2) is 8.19. The maximum Gasteiger partial charge on any atom is 0.253 e. The molecule has 0 aliphatic carbocycles. The molecule has 1 aromatic carbocycles.